The van der Waals surface area contributed by atoms with Gasteiger partial charge in [-0.25, -0.2) is 0 Å². The van der Waals surface area contributed by atoms with E-state index in [9.17, 15) is 0 Å². The fourth-order valence-corrected chi connectivity index (χ4v) is 0.930. The Morgan fingerprint density at radius 1 is 1.38 bits per heavy atom. The van der Waals surface area contributed by atoms with Gasteiger partial charge in [-0.2, -0.15) is 5.26 Å². The summed E-state index contributed by atoms with van der Waals surface area (Å²) in [5, 5.41) is 17.1. The summed E-state index contributed by atoms with van der Waals surface area (Å²) in [4.78, 5) is 0. The predicted molar refractivity (Wildman–Crippen MR) is 46.5 cm³/mol. The number of nitriles is 1. The van der Waals surface area contributed by atoms with Gasteiger partial charge in [0, 0.05) is 28.8 Å². The summed E-state index contributed by atoms with van der Waals surface area (Å²) in [6.45, 7) is 0. The Morgan fingerprint density at radius 3 is 2.46 bits per heavy atom. The molecule has 2 nitrogen and oxygen atoms in total. The summed E-state index contributed by atoms with van der Waals surface area (Å²) < 4.78 is 0. The van der Waals surface area contributed by atoms with Crippen LogP contribution in [0.1, 0.15) is 5.56 Å². The van der Waals surface area contributed by atoms with E-state index in [-0.39, 0.29) is 22.4 Å². The Morgan fingerprint density at radius 2 is 2.00 bits per heavy atom. The van der Waals surface area contributed by atoms with E-state index in [1.807, 2.05) is 36.4 Å². The van der Waals surface area contributed by atoms with Crippen LogP contribution in [0, 0.1) is 11.3 Å². The molecule has 1 aromatic rings. The van der Waals surface area contributed by atoms with E-state index in [4.69, 9.17) is 10.4 Å². The van der Waals surface area contributed by atoms with Gasteiger partial charge in [-0.05, 0) is 5.56 Å². The first-order chi connectivity index (χ1) is 5.86. The van der Waals surface area contributed by atoms with E-state index >= 15 is 0 Å². The van der Waals surface area contributed by atoms with Crippen LogP contribution in [0.15, 0.2) is 42.2 Å². The molecule has 13 heavy (non-hydrogen) atoms. The van der Waals surface area contributed by atoms with E-state index in [0.29, 0.717) is 12.0 Å². The van der Waals surface area contributed by atoms with Crippen molar-refractivity contribution in [1.29, 1.82) is 5.26 Å². The molecule has 0 saturated heterocycles. The Hall–Kier alpha value is -1.01. The molecule has 0 amide bonds. The number of aliphatic hydroxyl groups is 1. The van der Waals surface area contributed by atoms with Crippen molar-refractivity contribution < 1.29 is 27.5 Å². The van der Waals surface area contributed by atoms with Crippen LogP contribution in [0.3, 0.4) is 0 Å². The number of aliphatic hydroxyl groups excluding tert-OH is 1. The van der Waals surface area contributed by atoms with Crippen LogP contribution in [-0.4, -0.2) is 5.11 Å². The molecule has 0 bridgehead atoms. The molecule has 1 aromatic carbocycles. The Kier molecular flexibility index (Phi) is 6.00. The number of nitrogens with zero attached hydrogens (tertiary/aromatic N) is 1. The molecule has 0 heterocycles. The zero-order valence-electron chi connectivity index (χ0n) is 6.87. The molecular weight excluding hydrogens is 258 g/mol. The normalized spacial score (nSPS) is 9.92. The molecule has 0 aromatic heterocycles. The molecule has 0 aliphatic rings. The molecule has 1 rings (SSSR count). The summed E-state index contributed by atoms with van der Waals surface area (Å²) in [5.74, 6) is 0. The fraction of sp³-hybridized carbons (Fsp3) is 0.100. The van der Waals surface area contributed by atoms with E-state index in [2.05, 4.69) is 0 Å². The first-order valence-corrected chi connectivity index (χ1v) is 3.64. The van der Waals surface area contributed by atoms with Gasteiger partial charge in [0.05, 0.1) is 17.9 Å². The van der Waals surface area contributed by atoms with Gasteiger partial charge in [0.15, 0.2) is 0 Å². The fourth-order valence-electron chi connectivity index (χ4n) is 0.930. The van der Waals surface area contributed by atoms with E-state index in [1.165, 1.54) is 0 Å². The van der Waals surface area contributed by atoms with Crippen LogP contribution in [-0.2, 0) is 28.8 Å². The standard InChI is InChI=1S/C10H9NO.Ag/c11-7-10(8-12)6-9-4-2-1-3-5-9;/h1-5,8,12H,6H2;/b10-8+;. The number of hydrogen-bond donors (Lipinski definition) is 1. The van der Waals surface area contributed by atoms with Gasteiger partial charge in [0.2, 0.25) is 0 Å². The molecular formula is C10H9AgNO. The average Bonchev–Trinajstić information content (AvgIpc) is 2.16. The van der Waals surface area contributed by atoms with Crippen molar-refractivity contribution in [2.45, 2.75) is 6.42 Å². The second-order valence-corrected chi connectivity index (χ2v) is 2.43. The molecule has 0 aliphatic heterocycles. The Bertz CT molecular complexity index is 313. The van der Waals surface area contributed by atoms with Gasteiger partial charge in [-0.1, -0.05) is 30.3 Å². The molecule has 3 heteroatoms. The van der Waals surface area contributed by atoms with Crippen molar-refractivity contribution in [1.82, 2.24) is 0 Å². The molecule has 0 saturated carbocycles. The number of rotatable bonds is 2. The van der Waals surface area contributed by atoms with Crippen molar-refractivity contribution in [3.05, 3.63) is 47.7 Å². The number of allylic oxidation sites excluding steroid dienone is 1. The quantitative estimate of drug-likeness (QED) is 0.507. The van der Waals surface area contributed by atoms with Gasteiger partial charge < -0.3 is 5.11 Å². The first kappa shape index (κ1) is 12.0. The van der Waals surface area contributed by atoms with Crippen molar-refractivity contribution in [3.8, 4) is 6.07 Å². The summed E-state index contributed by atoms with van der Waals surface area (Å²) in [6, 6.07) is 11.5. The maximum atomic E-state index is 8.60. The minimum Gasteiger partial charge on any atom is -0.515 e. The molecule has 0 atom stereocenters. The van der Waals surface area contributed by atoms with Gasteiger partial charge in [0.25, 0.3) is 0 Å². The molecule has 71 valence electrons. The smallest absolute Gasteiger partial charge is 0.0982 e. The first-order valence-electron chi connectivity index (χ1n) is 3.64. The monoisotopic (exact) mass is 266 g/mol. The van der Waals surface area contributed by atoms with E-state index in [0.717, 1.165) is 11.8 Å². The third-order valence-corrected chi connectivity index (χ3v) is 1.54. The molecule has 0 unspecified atom stereocenters. The average molecular weight is 267 g/mol. The van der Waals surface area contributed by atoms with Crippen molar-refractivity contribution in [3.63, 3.8) is 0 Å². The van der Waals surface area contributed by atoms with Crippen molar-refractivity contribution in [2.24, 2.45) is 0 Å². The topological polar surface area (TPSA) is 44.0 Å². The zero-order chi connectivity index (χ0) is 8.81. The molecule has 0 spiro atoms. The minimum absolute atomic E-state index is 0. The Labute approximate surface area is 93.0 Å². The van der Waals surface area contributed by atoms with Crippen LogP contribution in [0.2, 0.25) is 0 Å². The number of hydrogen-bond acceptors (Lipinski definition) is 2. The van der Waals surface area contributed by atoms with Crippen molar-refractivity contribution in [2.75, 3.05) is 0 Å². The minimum atomic E-state index is 0. The van der Waals surface area contributed by atoms with Crippen LogP contribution >= 0.6 is 0 Å². The van der Waals surface area contributed by atoms with Crippen LogP contribution in [0.5, 0.6) is 0 Å². The van der Waals surface area contributed by atoms with Crippen LogP contribution < -0.4 is 0 Å². The molecule has 0 fully saturated rings. The molecule has 1 N–H and O–H groups in total. The van der Waals surface area contributed by atoms with E-state index < -0.39 is 0 Å². The molecule has 0 aliphatic carbocycles. The third-order valence-electron chi connectivity index (χ3n) is 1.54. The molecule has 1 radical (unpaired) electrons. The van der Waals surface area contributed by atoms with Crippen LogP contribution in [0.4, 0.5) is 0 Å². The maximum absolute atomic E-state index is 8.60. The maximum Gasteiger partial charge on any atom is 0.0982 e. The second kappa shape index (κ2) is 6.50. The van der Waals surface area contributed by atoms with E-state index in [1.54, 1.807) is 0 Å². The number of benzene rings is 1. The largest absolute Gasteiger partial charge is 0.515 e. The third kappa shape index (κ3) is 3.95. The summed E-state index contributed by atoms with van der Waals surface area (Å²) in [7, 11) is 0. The summed E-state index contributed by atoms with van der Waals surface area (Å²) >= 11 is 0. The Balaban J connectivity index is 0.00000144. The van der Waals surface area contributed by atoms with Crippen molar-refractivity contribution >= 4 is 0 Å². The predicted octanol–water partition coefficient (Wildman–Crippen LogP) is 2.19. The summed E-state index contributed by atoms with van der Waals surface area (Å²) in [6.07, 6.45) is 1.35. The second-order valence-electron chi connectivity index (χ2n) is 2.43. The van der Waals surface area contributed by atoms with Gasteiger partial charge in [0.1, 0.15) is 0 Å². The van der Waals surface area contributed by atoms with Gasteiger partial charge in [-0.3, -0.25) is 0 Å². The SMILES string of the molecule is N#C/C(=C/O)Cc1ccccc1.[Ag]. The van der Waals surface area contributed by atoms with Gasteiger partial charge in [-0.15, -0.1) is 0 Å². The zero-order valence-corrected chi connectivity index (χ0v) is 8.35. The van der Waals surface area contributed by atoms with Crippen LogP contribution in [0.25, 0.3) is 0 Å². The summed E-state index contributed by atoms with van der Waals surface area (Å²) in [5.41, 5.74) is 1.40. The van der Waals surface area contributed by atoms with Gasteiger partial charge >= 0.3 is 0 Å².